The number of halogens is 1. The van der Waals surface area contributed by atoms with Gasteiger partial charge in [-0.3, -0.25) is 19.6 Å². The molecule has 0 aliphatic rings. The Morgan fingerprint density at radius 3 is 2.27 bits per heavy atom. The molecule has 33 heavy (non-hydrogen) atoms. The standard InChI is InChI=1S/C21H32ClN5O6/c1-12(2)11-21(31,13(3)18(28)27-33)20(30)25-16(10-14-4-6-15(22)7-5-14)19(29)24-9-8-17(23)26-32/h4-7,12-13,16,31-33H,8-11H2,1-3H3,(H2,23,26)(H,24,29)(H,25,30)(H,27,28). The van der Waals surface area contributed by atoms with E-state index in [-0.39, 0.29) is 37.6 Å². The second kappa shape index (κ2) is 13.0. The number of carbonyl (C=O) groups is 3. The van der Waals surface area contributed by atoms with Crippen LogP contribution in [0, 0.1) is 11.8 Å². The summed E-state index contributed by atoms with van der Waals surface area (Å²) >= 11 is 5.91. The molecular weight excluding hydrogens is 454 g/mol. The molecule has 0 aromatic heterocycles. The van der Waals surface area contributed by atoms with Crippen molar-refractivity contribution < 1.29 is 29.9 Å². The maximum absolute atomic E-state index is 13.2. The zero-order valence-electron chi connectivity index (χ0n) is 18.8. The van der Waals surface area contributed by atoms with E-state index in [1.165, 1.54) is 12.4 Å². The fraction of sp³-hybridized carbons (Fsp3) is 0.524. The van der Waals surface area contributed by atoms with Gasteiger partial charge in [-0.05, 0) is 30.0 Å². The molecule has 12 heteroatoms. The van der Waals surface area contributed by atoms with Crippen LogP contribution < -0.4 is 21.8 Å². The predicted octanol–water partition coefficient (Wildman–Crippen LogP) is 0.539. The Hall–Kier alpha value is -2.89. The van der Waals surface area contributed by atoms with Crippen LogP contribution in [0.2, 0.25) is 5.02 Å². The molecule has 0 bridgehead atoms. The van der Waals surface area contributed by atoms with Gasteiger partial charge in [0.2, 0.25) is 11.8 Å². The minimum Gasteiger partial charge on any atom is -0.409 e. The molecule has 3 unspecified atom stereocenters. The third-order valence-electron chi connectivity index (χ3n) is 5.12. The highest BCUT2D eigenvalue weighted by atomic mass is 35.5. The lowest BCUT2D eigenvalue weighted by Gasteiger charge is -2.34. The Balaban J connectivity index is 3.15. The fourth-order valence-electron chi connectivity index (χ4n) is 3.24. The summed E-state index contributed by atoms with van der Waals surface area (Å²) in [6.07, 6.45) is 0.0533. The Kier molecular flexibility index (Phi) is 11.1. The predicted molar refractivity (Wildman–Crippen MR) is 122 cm³/mol. The first-order valence-electron chi connectivity index (χ1n) is 10.4. The summed E-state index contributed by atoms with van der Waals surface area (Å²) in [6, 6.07) is 5.53. The second-order valence-electron chi connectivity index (χ2n) is 8.21. The molecule has 3 amide bonds. The lowest BCUT2D eigenvalue weighted by molar-refractivity contribution is -0.159. The summed E-state index contributed by atoms with van der Waals surface area (Å²) in [7, 11) is 0. The third-order valence-corrected chi connectivity index (χ3v) is 5.37. The zero-order valence-corrected chi connectivity index (χ0v) is 19.6. The maximum atomic E-state index is 13.2. The summed E-state index contributed by atoms with van der Waals surface area (Å²) < 4.78 is 0. The molecule has 3 atom stereocenters. The number of hydroxylamine groups is 1. The van der Waals surface area contributed by atoms with Crippen molar-refractivity contribution in [2.24, 2.45) is 22.7 Å². The molecule has 1 aromatic rings. The number of amidine groups is 1. The Labute approximate surface area is 197 Å². The number of hydrogen-bond acceptors (Lipinski definition) is 7. The SMILES string of the molecule is CC(C)CC(O)(C(=O)NC(Cc1ccc(Cl)cc1)C(=O)NCC/C(N)=N/O)C(C)C(=O)NO. The molecule has 11 nitrogen and oxygen atoms in total. The number of hydrogen-bond donors (Lipinski definition) is 7. The fourth-order valence-corrected chi connectivity index (χ4v) is 3.36. The van der Waals surface area contributed by atoms with Crippen LogP contribution in [0.3, 0.4) is 0 Å². The van der Waals surface area contributed by atoms with E-state index in [1.54, 1.807) is 38.1 Å². The number of rotatable bonds is 12. The van der Waals surface area contributed by atoms with E-state index in [9.17, 15) is 19.5 Å². The third kappa shape index (κ3) is 8.52. The van der Waals surface area contributed by atoms with Crippen LogP contribution in [-0.4, -0.2) is 57.3 Å². The van der Waals surface area contributed by atoms with Crippen molar-refractivity contribution in [1.82, 2.24) is 16.1 Å². The molecule has 0 radical (unpaired) electrons. The number of nitrogens with two attached hydrogens (primary N) is 1. The van der Waals surface area contributed by atoms with E-state index in [2.05, 4.69) is 15.8 Å². The second-order valence-corrected chi connectivity index (χ2v) is 8.65. The Morgan fingerprint density at radius 1 is 1.15 bits per heavy atom. The first-order chi connectivity index (χ1) is 15.4. The van der Waals surface area contributed by atoms with Crippen molar-refractivity contribution in [3.63, 3.8) is 0 Å². The highest BCUT2D eigenvalue weighted by molar-refractivity contribution is 6.30. The molecule has 0 heterocycles. The van der Waals surface area contributed by atoms with Crippen LogP contribution in [0.25, 0.3) is 0 Å². The van der Waals surface area contributed by atoms with Gasteiger partial charge in [0.1, 0.15) is 11.9 Å². The van der Waals surface area contributed by atoms with E-state index >= 15 is 0 Å². The molecule has 1 rings (SSSR count). The average molecular weight is 486 g/mol. The topological polar surface area (TPSA) is 186 Å². The number of benzene rings is 1. The van der Waals surface area contributed by atoms with Crippen molar-refractivity contribution in [2.75, 3.05) is 6.54 Å². The van der Waals surface area contributed by atoms with Crippen molar-refractivity contribution in [1.29, 1.82) is 0 Å². The van der Waals surface area contributed by atoms with E-state index in [4.69, 9.17) is 27.7 Å². The first kappa shape index (κ1) is 28.1. The Morgan fingerprint density at radius 2 is 1.76 bits per heavy atom. The van der Waals surface area contributed by atoms with E-state index in [0.717, 1.165) is 0 Å². The number of nitrogens with one attached hydrogen (secondary N) is 3. The molecule has 0 fully saturated rings. The number of carbonyl (C=O) groups excluding carboxylic acids is 3. The lowest BCUT2D eigenvalue weighted by Crippen LogP contribution is -2.60. The van der Waals surface area contributed by atoms with Crippen LogP contribution in [0.5, 0.6) is 0 Å². The summed E-state index contributed by atoms with van der Waals surface area (Å²) in [6.45, 7) is 4.86. The van der Waals surface area contributed by atoms with Crippen molar-refractivity contribution in [2.45, 2.75) is 51.7 Å². The van der Waals surface area contributed by atoms with Crippen LogP contribution in [-0.2, 0) is 20.8 Å². The van der Waals surface area contributed by atoms with Gasteiger partial charge in [-0.25, -0.2) is 5.48 Å². The Bertz CT molecular complexity index is 848. The van der Waals surface area contributed by atoms with E-state index in [1.807, 2.05) is 0 Å². The van der Waals surface area contributed by atoms with Crippen LogP contribution >= 0.6 is 11.6 Å². The van der Waals surface area contributed by atoms with E-state index in [0.29, 0.717) is 10.6 Å². The van der Waals surface area contributed by atoms with Gasteiger partial charge in [0.05, 0.1) is 5.92 Å². The van der Waals surface area contributed by atoms with Gasteiger partial charge < -0.3 is 26.7 Å². The first-order valence-corrected chi connectivity index (χ1v) is 10.8. The van der Waals surface area contributed by atoms with Gasteiger partial charge in [-0.1, -0.05) is 49.7 Å². The molecular formula is C21H32ClN5O6. The largest absolute Gasteiger partial charge is 0.409 e. The minimum atomic E-state index is -2.19. The maximum Gasteiger partial charge on any atom is 0.253 e. The van der Waals surface area contributed by atoms with Gasteiger partial charge in [0.15, 0.2) is 5.60 Å². The van der Waals surface area contributed by atoms with Gasteiger partial charge in [-0.2, -0.15) is 0 Å². The van der Waals surface area contributed by atoms with Gasteiger partial charge in [0.25, 0.3) is 5.91 Å². The van der Waals surface area contributed by atoms with Gasteiger partial charge >= 0.3 is 0 Å². The number of amides is 3. The molecule has 0 spiro atoms. The molecule has 184 valence electrons. The van der Waals surface area contributed by atoms with Crippen LogP contribution in [0.15, 0.2) is 29.4 Å². The number of nitrogens with zero attached hydrogens (tertiary/aromatic N) is 1. The monoisotopic (exact) mass is 485 g/mol. The molecule has 1 aromatic carbocycles. The molecule has 0 aliphatic heterocycles. The van der Waals surface area contributed by atoms with Crippen LogP contribution in [0.4, 0.5) is 0 Å². The molecule has 0 aliphatic carbocycles. The highest BCUT2D eigenvalue weighted by Crippen LogP contribution is 2.27. The smallest absolute Gasteiger partial charge is 0.253 e. The zero-order chi connectivity index (χ0) is 25.2. The molecule has 0 saturated carbocycles. The van der Waals surface area contributed by atoms with Gasteiger partial charge in [0, 0.05) is 24.4 Å². The molecule has 8 N–H and O–H groups in total. The normalized spacial score (nSPS) is 15.3. The minimum absolute atomic E-state index is 0.0430. The van der Waals surface area contributed by atoms with Gasteiger partial charge in [-0.15, -0.1) is 0 Å². The van der Waals surface area contributed by atoms with Crippen molar-refractivity contribution >= 4 is 35.2 Å². The number of oxime groups is 1. The summed E-state index contributed by atoms with van der Waals surface area (Å²) in [4.78, 5) is 38.0. The van der Waals surface area contributed by atoms with Crippen molar-refractivity contribution in [3.8, 4) is 0 Å². The molecule has 0 saturated heterocycles. The quantitative estimate of drug-likeness (QED) is 0.0739. The van der Waals surface area contributed by atoms with E-state index < -0.39 is 35.3 Å². The average Bonchev–Trinajstić information content (AvgIpc) is 2.77. The lowest BCUT2D eigenvalue weighted by atomic mass is 9.80. The summed E-state index contributed by atoms with van der Waals surface area (Å²) in [5.41, 5.74) is 5.35. The van der Waals surface area contributed by atoms with Crippen molar-refractivity contribution in [3.05, 3.63) is 34.9 Å². The summed E-state index contributed by atoms with van der Waals surface area (Å²) in [5, 5.41) is 37.2. The highest BCUT2D eigenvalue weighted by Gasteiger charge is 2.46. The number of aliphatic hydroxyl groups is 1. The summed E-state index contributed by atoms with van der Waals surface area (Å²) in [5.74, 6) is -4.01. The van der Waals surface area contributed by atoms with Crippen LogP contribution in [0.1, 0.15) is 39.2 Å².